The number of carbonyl (C=O) groups is 1. The first-order valence-electron chi connectivity index (χ1n) is 5.99. The Balaban J connectivity index is 2.19. The minimum atomic E-state index is -0.987. The van der Waals surface area contributed by atoms with E-state index in [1.54, 1.807) is 12.1 Å². The van der Waals surface area contributed by atoms with Crippen LogP contribution in [0.15, 0.2) is 42.5 Å². The number of nitrogens with two attached hydrogens (primary N) is 1. The molecule has 0 amide bonds. The fourth-order valence-electron chi connectivity index (χ4n) is 1.84. The molecule has 0 saturated heterocycles. The second kappa shape index (κ2) is 5.44. The summed E-state index contributed by atoms with van der Waals surface area (Å²) in [5, 5.41) is 12.2. The lowest BCUT2D eigenvalue weighted by Gasteiger charge is -2.12. The van der Waals surface area contributed by atoms with E-state index in [0.29, 0.717) is 17.9 Å². The second-order valence-electron chi connectivity index (χ2n) is 4.41. The molecule has 0 aliphatic carbocycles. The number of carboxylic acid groups (broad SMARTS) is 1. The monoisotopic (exact) mass is 256 g/mol. The number of aryl methyl sites for hydroxylation is 1. The van der Waals surface area contributed by atoms with E-state index < -0.39 is 5.97 Å². The molecule has 0 radical (unpaired) electrons. The van der Waals surface area contributed by atoms with Gasteiger partial charge in [-0.05, 0) is 24.6 Å². The lowest BCUT2D eigenvalue weighted by molar-refractivity contribution is 0.0698. The fourth-order valence-corrected chi connectivity index (χ4v) is 1.84. The number of para-hydroxylation sites is 1. The van der Waals surface area contributed by atoms with Gasteiger partial charge in [0.2, 0.25) is 0 Å². The third kappa shape index (κ3) is 3.04. The number of nitrogens with one attached hydrogen (secondary N) is 1. The molecule has 0 unspecified atom stereocenters. The van der Waals surface area contributed by atoms with Crippen LogP contribution >= 0.6 is 0 Å². The molecule has 0 aliphatic heterocycles. The van der Waals surface area contributed by atoms with Crippen molar-refractivity contribution >= 4 is 17.3 Å². The van der Waals surface area contributed by atoms with Crippen LogP contribution in [0.4, 0.5) is 11.4 Å². The van der Waals surface area contributed by atoms with E-state index in [0.717, 1.165) is 5.56 Å². The van der Waals surface area contributed by atoms with Gasteiger partial charge in [-0.3, -0.25) is 0 Å². The van der Waals surface area contributed by atoms with E-state index in [9.17, 15) is 4.79 Å². The minimum absolute atomic E-state index is 0.187. The summed E-state index contributed by atoms with van der Waals surface area (Å²) in [5.74, 6) is -0.987. The van der Waals surface area contributed by atoms with Gasteiger partial charge in [0.1, 0.15) is 0 Å². The maximum absolute atomic E-state index is 11.1. The average Bonchev–Trinajstić information content (AvgIpc) is 2.39. The third-order valence-corrected chi connectivity index (χ3v) is 2.92. The van der Waals surface area contributed by atoms with Crippen molar-refractivity contribution in [1.29, 1.82) is 0 Å². The molecule has 0 atom stereocenters. The number of rotatable bonds is 4. The molecule has 98 valence electrons. The number of hydrogen-bond acceptors (Lipinski definition) is 3. The second-order valence-corrected chi connectivity index (χ2v) is 4.41. The molecule has 0 aromatic heterocycles. The van der Waals surface area contributed by atoms with E-state index >= 15 is 0 Å². The Morgan fingerprint density at radius 2 is 1.89 bits per heavy atom. The van der Waals surface area contributed by atoms with Gasteiger partial charge in [-0.15, -0.1) is 0 Å². The van der Waals surface area contributed by atoms with Crippen LogP contribution < -0.4 is 11.1 Å². The van der Waals surface area contributed by atoms with E-state index in [1.165, 1.54) is 11.6 Å². The molecule has 0 bridgehead atoms. The summed E-state index contributed by atoms with van der Waals surface area (Å²) in [4.78, 5) is 11.1. The van der Waals surface area contributed by atoms with Crippen molar-refractivity contribution in [3.8, 4) is 0 Å². The molecule has 0 saturated carbocycles. The largest absolute Gasteiger partial charge is 0.478 e. The number of anilines is 2. The summed E-state index contributed by atoms with van der Waals surface area (Å²) in [6, 6.07) is 12.9. The first-order chi connectivity index (χ1) is 9.08. The predicted octanol–water partition coefficient (Wildman–Crippen LogP) is 2.89. The Morgan fingerprint density at radius 3 is 2.53 bits per heavy atom. The normalized spacial score (nSPS) is 10.2. The predicted molar refractivity (Wildman–Crippen MR) is 76.3 cm³/mol. The maximum Gasteiger partial charge on any atom is 0.337 e. The van der Waals surface area contributed by atoms with Crippen molar-refractivity contribution in [2.24, 2.45) is 0 Å². The number of carboxylic acids is 1. The van der Waals surface area contributed by atoms with E-state index in [4.69, 9.17) is 10.8 Å². The molecular weight excluding hydrogens is 240 g/mol. The van der Waals surface area contributed by atoms with Crippen molar-refractivity contribution in [2.75, 3.05) is 11.1 Å². The van der Waals surface area contributed by atoms with Gasteiger partial charge in [-0.1, -0.05) is 35.9 Å². The van der Waals surface area contributed by atoms with Crippen LogP contribution in [0.1, 0.15) is 21.5 Å². The molecular formula is C15H16N2O2. The zero-order valence-electron chi connectivity index (χ0n) is 10.7. The highest BCUT2D eigenvalue weighted by Crippen LogP contribution is 2.24. The first kappa shape index (κ1) is 13.0. The number of hydrogen-bond donors (Lipinski definition) is 3. The van der Waals surface area contributed by atoms with Crippen LogP contribution in [-0.2, 0) is 6.54 Å². The Bertz CT molecular complexity index is 592. The van der Waals surface area contributed by atoms with Crippen molar-refractivity contribution in [1.82, 2.24) is 0 Å². The molecule has 0 heterocycles. The van der Waals surface area contributed by atoms with Crippen LogP contribution in [0.3, 0.4) is 0 Å². The minimum Gasteiger partial charge on any atom is -0.478 e. The van der Waals surface area contributed by atoms with Gasteiger partial charge in [0.05, 0.1) is 16.9 Å². The smallest absolute Gasteiger partial charge is 0.337 e. The molecule has 4 N–H and O–H groups in total. The lowest BCUT2D eigenvalue weighted by atomic mass is 10.1. The van der Waals surface area contributed by atoms with Crippen LogP contribution in [0.2, 0.25) is 0 Å². The zero-order chi connectivity index (χ0) is 13.8. The Kier molecular flexibility index (Phi) is 3.71. The van der Waals surface area contributed by atoms with Gasteiger partial charge < -0.3 is 16.2 Å². The molecule has 2 aromatic carbocycles. The van der Waals surface area contributed by atoms with Crippen LogP contribution in [0.25, 0.3) is 0 Å². The van der Waals surface area contributed by atoms with Crippen molar-refractivity contribution in [2.45, 2.75) is 13.5 Å². The summed E-state index contributed by atoms with van der Waals surface area (Å²) in [7, 11) is 0. The van der Waals surface area contributed by atoms with Gasteiger partial charge in [0.15, 0.2) is 0 Å². The Hall–Kier alpha value is -2.49. The van der Waals surface area contributed by atoms with Crippen LogP contribution in [-0.4, -0.2) is 11.1 Å². The highest BCUT2D eigenvalue weighted by atomic mass is 16.4. The van der Waals surface area contributed by atoms with Gasteiger partial charge in [0.25, 0.3) is 0 Å². The van der Waals surface area contributed by atoms with Crippen molar-refractivity contribution in [3.63, 3.8) is 0 Å². The van der Waals surface area contributed by atoms with Crippen LogP contribution in [0.5, 0.6) is 0 Å². The van der Waals surface area contributed by atoms with Gasteiger partial charge in [-0.2, -0.15) is 0 Å². The summed E-state index contributed by atoms with van der Waals surface area (Å²) in [6.45, 7) is 2.56. The van der Waals surface area contributed by atoms with E-state index in [-0.39, 0.29) is 5.56 Å². The molecule has 4 heteroatoms. The molecule has 0 fully saturated rings. The van der Waals surface area contributed by atoms with Crippen molar-refractivity contribution in [3.05, 3.63) is 59.2 Å². The third-order valence-electron chi connectivity index (χ3n) is 2.92. The molecule has 2 rings (SSSR count). The zero-order valence-corrected chi connectivity index (χ0v) is 10.7. The van der Waals surface area contributed by atoms with E-state index in [1.807, 2.05) is 31.2 Å². The summed E-state index contributed by atoms with van der Waals surface area (Å²) >= 11 is 0. The molecule has 0 aliphatic rings. The Morgan fingerprint density at radius 1 is 1.21 bits per heavy atom. The molecule has 4 nitrogen and oxygen atoms in total. The summed E-state index contributed by atoms with van der Waals surface area (Å²) in [5.41, 5.74) is 9.18. The molecule has 2 aromatic rings. The van der Waals surface area contributed by atoms with Gasteiger partial charge in [-0.25, -0.2) is 4.79 Å². The maximum atomic E-state index is 11.1. The topological polar surface area (TPSA) is 75.3 Å². The highest BCUT2D eigenvalue weighted by Gasteiger charge is 2.11. The quantitative estimate of drug-likeness (QED) is 0.735. The van der Waals surface area contributed by atoms with Gasteiger partial charge >= 0.3 is 5.97 Å². The lowest BCUT2D eigenvalue weighted by Crippen LogP contribution is -2.08. The summed E-state index contributed by atoms with van der Waals surface area (Å²) < 4.78 is 0. The standard InChI is InChI=1S/C15H16N2O2/c1-10-5-7-11(8-6-10)9-17-14-12(15(18)19)3-2-4-13(14)16/h2-8,17H,9,16H2,1H3,(H,18,19). The van der Waals surface area contributed by atoms with E-state index in [2.05, 4.69) is 5.32 Å². The average molecular weight is 256 g/mol. The fraction of sp³-hybridized carbons (Fsp3) is 0.133. The van der Waals surface area contributed by atoms with Crippen molar-refractivity contribution < 1.29 is 9.90 Å². The highest BCUT2D eigenvalue weighted by molar-refractivity contribution is 5.97. The van der Waals surface area contributed by atoms with Crippen LogP contribution in [0, 0.1) is 6.92 Å². The van der Waals surface area contributed by atoms with Gasteiger partial charge in [0, 0.05) is 6.54 Å². The number of benzene rings is 2. The number of nitrogen functional groups attached to an aromatic ring is 1. The summed E-state index contributed by atoms with van der Waals surface area (Å²) in [6.07, 6.45) is 0. The first-order valence-corrected chi connectivity index (χ1v) is 5.99. The Labute approximate surface area is 111 Å². The molecule has 0 spiro atoms. The number of aromatic carboxylic acids is 1. The SMILES string of the molecule is Cc1ccc(CNc2c(N)cccc2C(=O)O)cc1. The molecule has 19 heavy (non-hydrogen) atoms.